The maximum atomic E-state index is 10.7. The molecule has 0 bridgehead atoms. The fourth-order valence-corrected chi connectivity index (χ4v) is 2.13. The van der Waals surface area contributed by atoms with Crippen LogP contribution in [0.2, 0.25) is 0 Å². The molecule has 0 aliphatic carbocycles. The van der Waals surface area contributed by atoms with Crippen molar-refractivity contribution >= 4 is 16.0 Å². The molecule has 0 aromatic heterocycles. The van der Waals surface area contributed by atoms with Crippen LogP contribution >= 0.6 is 0 Å². The minimum Gasteiger partial charge on any atom is -0.370 e. The second-order valence-corrected chi connectivity index (χ2v) is 6.03. The second kappa shape index (κ2) is 5.49. The van der Waals surface area contributed by atoms with E-state index in [0.29, 0.717) is 11.9 Å². The van der Waals surface area contributed by atoms with E-state index in [2.05, 4.69) is 11.9 Å². The molecule has 1 aliphatic heterocycles. The molecule has 1 atom stereocenters. The molecule has 0 spiro atoms. The Morgan fingerprint density at radius 1 is 1.56 bits per heavy atom. The molecule has 0 saturated carbocycles. The smallest absolute Gasteiger partial charge is 0.210 e. The summed E-state index contributed by atoms with van der Waals surface area (Å²) in [6, 6.07) is 0. The zero-order chi connectivity index (χ0) is 12.2. The van der Waals surface area contributed by atoms with Crippen LogP contribution in [0.25, 0.3) is 0 Å². The van der Waals surface area contributed by atoms with E-state index in [4.69, 9.17) is 10.9 Å². The predicted molar refractivity (Wildman–Crippen MR) is 64.4 cm³/mol. The van der Waals surface area contributed by atoms with Gasteiger partial charge in [-0.05, 0) is 18.8 Å². The summed E-state index contributed by atoms with van der Waals surface area (Å²) in [5.74, 6) is 0.882. The molecule has 0 radical (unpaired) electrons. The number of nitrogens with zero attached hydrogens (tertiary/aromatic N) is 2. The molecule has 1 heterocycles. The van der Waals surface area contributed by atoms with Crippen LogP contribution in [0.4, 0.5) is 0 Å². The molecule has 7 heteroatoms. The van der Waals surface area contributed by atoms with Crippen LogP contribution in [0, 0.1) is 5.92 Å². The van der Waals surface area contributed by atoms with Crippen LogP contribution < -0.4 is 10.9 Å². The van der Waals surface area contributed by atoms with Gasteiger partial charge in [-0.3, -0.25) is 4.99 Å². The maximum absolute atomic E-state index is 10.7. The fourth-order valence-electron chi connectivity index (χ4n) is 1.78. The highest BCUT2D eigenvalue weighted by molar-refractivity contribution is 7.89. The lowest BCUT2D eigenvalue weighted by molar-refractivity contribution is 0.270. The van der Waals surface area contributed by atoms with Gasteiger partial charge in [-0.1, -0.05) is 6.92 Å². The molecule has 6 nitrogen and oxygen atoms in total. The summed E-state index contributed by atoms with van der Waals surface area (Å²) in [6.07, 6.45) is 2.31. The van der Waals surface area contributed by atoms with Crippen LogP contribution in [-0.2, 0) is 10.0 Å². The Kier molecular flexibility index (Phi) is 4.55. The van der Waals surface area contributed by atoms with E-state index < -0.39 is 10.0 Å². The average Bonchev–Trinajstić information content (AvgIpc) is 2.15. The van der Waals surface area contributed by atoms with Gasteiger partial charge in [0.05, 0.1) is 12.3 Å². The van der Waals surface area contributed by atoms with Crippen molar-refractivity contribution in [1.82, 2.24) is 4.90 Å². The van der Waals surface area contributed by atoms with Gasteiger partial charge >= 0.3 is 0 Å². The van der Waals surface area contributed by atoms with E-state index >= 15 is 0 Å². The van der Waals surface area contributed by atoms with Crippen molar-refractivity contribution in [3.63, 3.8) is 0 Å². The Balaban J connectivity index is 2.43. The minimum absolute atomic E-state index is 0.134. The molecule has 1 aliphatic rings. The zero-order valence-electron chi connectivity index (χ0n) is 9.59. The molecular weight excluding hydrogens is 228 g/mol. The van der Waals surface area contributed by atoms with Gasteiger partial charge in [-0.25, -0.2) is 13.6 Å². The Bertz CT molecular complexity index is 353. The summed E-state index contributed by atoms with van der Waals surface area (Å²) in [4.78, 5) is 6.03. The highest BCUT2D eigenvalue weighted by atomic mass is 32.2. The third-order valence-corrected chi connectivity index (χ3v) is 3.38. The molecular formula is C9H20N4O2S. The minimum atomic E-state index is -3.44. The van der Waals surface area contributed by atoms with Gasteiger partial charge in [0.25, 0.3) is 0 Å². The highest BCUT2D eigenvalue weighted by Crippen LogP contribution is 2.14. The van der Waals surface area contributed by atoms with E-state index in [1.807, 2.05) is 4.90 Å². The van der Waals surface area contributed by atoms with E-state index in [0.717, 1.165) is 19.5 Å². The number of nitrogens with two attached hydrogens (primary N) is 2. The molecule has 1 rings (SSSR count). The monoisotopic (exact) mass is 248 g/mol. The zero-order valence-corrected chi connectivity index (χ0v) is 10.4. The van der Waals surface area contributed by atoms with Crippen molar-refractivity contribution in [3.05, 3.63) is 0 Å². The first-order chi connectivity index (χ1) is 7.38. The molecule has 0 aromatic rings. The summed E-state index contributed by atoms with van der Waals surface area (Å²) >= 11 is 0. The first-order valence-electron chi connectivity index (χ1n) is 5.44. The molecule has 1 saturated heterocycles. The summed E-state index contributed by atoms with van der Waals surface area (Å²) in [5, 5.41) is 4.87. The van der Waals surface area contributed by atoms with Gasteiger partial charge in [0.2, 0.25) is 10.0 Å². The van der Waals surface area contributed by atoms with Crippen LogP contribution in [0.15, 0.2) is 4.99 Å². The van der Waals surface area contributed by atoms with Crippen molar-refractivity contribution in [1.29, 1.82) is 0 Å². The molecule has 0 amide bonds. The van der Waals surface area contributed by atoms with Crippen molar-refractivity contribution in [2.45, 2.75) is 19.8 Å². The van der Waals surface area contributed by atoms with Gasteiger partial charge in [-0.2, -0.15) is 0 Å². The summed E-state index contributed by atoms with van der Waals surface area (Å²) in [6.45, 7) is 4.10. The lowest BCUT2D eigenvalue weighted by Gasteiger charge is -2.31. The average molecular weight is 248 g/mol. The highest BCUT2D eigenvalue weighted by Gasteiger charge is 2.17. The number of hydrogen-bond acceptors (Lipinski definition) is 3. The van der Waals surface area contributed by atoms with Crippen molar-refractivity contribution < 1.29 is 8.42 Å². The number of sulfonamides is 1. The summed E-state index contributed by atoms with van der Waals surface area (Å²) < 4.78 is 21.4. The summed E-state index contributed by atoms with van der Waals surface area (Å²) in [5.41, 5.74) is 5.78. The van der Waals surface area contributed by atoms with E-state index in [1.54, 1.807) is 0 Å². The van der Waals surface area contributed by atoms with Gasteiger partial charge in [-0.15, -0.1) is 0 Å². The Morgan fingerprint density at radius 3 is 2.81 bits per heavy atom. The molecule has 1 fully saturated rings. The normalized spacial score (nSPS) is 23.5. The van der Waals surface area contributed by atoms with Gasteiger partial charge in [0.15, 0.2) is 5.96 Å². The summed E-state index contributed by atoms with van der Waals surface area (Å²) in [7, 11) is -3.44. The lowest BCUT2D eigenvalue weighted by atomic mass is 10.0. The first-order valence-corrected chi connectivity index (χ1v) is 7.15. The predicted octanol–water partition coefficient (Wildman–Crippen LogP) is -0.678. The Morgan fingerprint density at radius 2 is 2.25 bits per heavy atom. The SMILES string of the molecule is CC1CCCN(C(N)=NCCS(N)(=O)=O)C1. The standard InChI is InChI=1S/C9H20N4O2S/c1-8-3-2-5-13(7-8)9(10)12-4-6-16(11,14)15/h8H,2-7H2,1H3,(H2,10,12)(H2,11,14,15). The maximum Gasteiger partial charge on any atom is 0.210 e. The quantitative estimate of drug-likeness (QED) is 0.510. The van der Waals surface area contributed by atoms with Gasteiger partial charge in [0, 0.05) is 13.1 Å². The van der Waals surface area contributed by atoms with E-state index in [9.17, 15) is 8.42 Å². The number of piperidine rings is 1. The first kappa shape index (κ1) is 13.2. The van der Waals surface area contributed by atoms with Crippen LogP contribution in [-0.4, -0.2) is 44.7 Å². The lowest BCUT2D eigenvalue weighted by Crippen LogP contribution is -2.43. The van der Waals surface area contributed by atoms with Crippen LogP contribution in [0.1, 0.15) is 19.8 Å². The van der Waals surface area contributed by atoms with Gasteiger partial charge in [0.1, 0.15) is 0 Å². The van der Waals surface area contributed by atoms with Crippen molar-refractivity contribution in [2.75, 3.05) is 25.4 Å². The second-order valence-electron chi connectivity index (χ2n) is 4.30. The fraction of sp³-hybridized carbons (Fsp3) is 0.889. The Hall–Kier alpha value is -0.820. The van der Waals surface area contributed by atoms with E-state index in [1.165, 1.54) is 6.42 Å². The number of likely N-dealkylation sites (tertiary alicyclic amines) is 1. The van der Waals surface area contributed by atoms with Crippen LogP contribution in [0.5, 0.6) is 0 Å². The van der Waals surface area contributed by atoms with Gasteiger partial charge < -0.3 is 10.6 Å². The third-order valence-electron chi connectivity index (χ3n) is 2.63. The number of primary sulfonamides is 1. The largest absolute Gasteiger partial charge is 0.370 e. The van der Waals surface area contributed by atoms with Crippen LogP contribution in [0.3, 0.4) is 0 Å². The number of aliphatic imine (C=N–C) groups is 1. The Labute approximate surface area is 96.7 Å². The van der Waals surface area contributed by atoms with Crippen molar-refractivity contribution in [2.24, 2.45) is 21.8 Å². The third kappa shape index (κ3) is 4.80. The molecule has 0 aromatic carbocycles. The number of guanidine groups is 1. The number of rotatable bonds is 3. The van der Waals surface area contributed by atoms with E-state index in [-0.39, 0.29) is 12.3 Å². The molecule has 16 heavy (non-hydrogen) atoms. The topological polar surface area (TPSA) is 102 Å². The molecule has 1 unspecified atom stereocenters. The van der Waals surface area contributed by atoms with Crippen molar-refractivity contribution in [3.8, 4) is 0 Å². The molecule has 4 N–H and O–H groups in total. The molecule has 94 valence electrons. The number of hydrogen-bond donors (Lipinski definition) is 2.